The van der Waals surface area contributed by atoms with Crippen LogP contribution in [0.3, 0.4) is 0 Å². The van der Waals surface area contributed by atoms with Crippen molar-refractivity contribution in [3.8, 4) is 5.75 Å². The van der Waals surface area contributed by atoms with E-state index in [2.05, 4.69) is 32.7 Å². The number of piperazine rings is 1. The smallest absolute Gasteiger partial charge is 0.237 e. The number of aromatic nitrogens is 1. The second-order valence-corrected chi connectivity index (χ2v) is 6.67. The molecule has 0 spiro atoms. The molecule has 0 radical (unpaired) electrons. The summed E-state index contributed by atoms with van der Waals surface area (Å²) >= 11 is 0. The Morgan fingerprint density at radius 2 is 2.11 bits per heavy atom. The highest BCUT2D eigenvalue weighted by Crippen LogP contribution is 2.11. The Labute approximate surface area is 165 Å². The second kappa shape index (κ2) is 10.4. The third-order valence-electron chi connectivity index (χ3n) is 4.68. The standard InChI is InChI=1S/C21H26N4O3/c26-20(23-11-14-28-18-7-4-9-22-16-18)15-19-21(27)24-10-13-25(19)12-8-17-5-2-1-3-6-17/h1-7,9,16,19H,8,10-15H2,(H,23,26)(H,24,27)/t19-/m0/s1. The third-order valence-corrected chi connectivity index (χ3v) is 4.68. The fourth-order valence-electron chi connectivity index (χ4n) is 3.21. The van der Waals surface area contributed by atoms with Crippen LogP contribution in [0.1, 0.15) is 12.0 Å². The van der Waals surface area contributed by atoms with Gasteiger partial charge in [-0.25, -0.2) is 0 Å². The first-order valence-electron chi connectivity index (χ1n) is 9.57. The van der Waals surface area contributed by atoms with E-state index in [1.165, 1.54) is 5.56 Å². The van der Waals surface area contributed by atoms with Gasteiger partial charge in [-0.2, -0.15) is 0 Å². The fourth-order valence-corrected chi connectivity index (χ4v) is 3.21. The molecule has 1 aromatic heterocycles. The average molecular weight is 382 g/mol. The molecule has 1 atom stereocenters. The summed E-state index contributed by atoms with van der Waals surface area (Å²) in [4.78, 5) is 30.7. The molecule has 1 aromatic carbocycles. The zero-order valence-electron chi connectivity index (χ0n) is 15.8. The van der Waals surface area contributed by atoms with Gasteiger partial charge in [-0.05, 0) is 24.1 Å². The Kier molecular flexibility index (Phi) is 7.37. The molecule has 0 saturated carbocycles. The minimum atomic E-state index is -0.434. The van der Waals surface area contributed by atoms with Gasteiger partial charge in [0.2, 0.25) is 11.8 Å². The summed E-state index contributed by atoms with van der Waals surface area (Å²) in [5.41, 5.74) is 1.23. The molecule has 2 aromatic rings. The van der Waals surface area contributed by atoms with Crippen LogP contribution in [-0.2, 0) is 16.0 Å². The van der Waals surface area contributed by atoms with Gasteiger partial charge < -0.3 is 15.4 Å². The molecular weight excluding hydrogens is 356 g/mol. The molecule has 28 heavy (non-hydrogen) atoms. The Hall–Kier alpha value is -2.93. The first-order chi connectivity index (χ1) is 13.7. The van der Waals surface area contributed by atoms with Gasteiger partial charge in [-0.1, -0.05) is 30.3 Å². The van der Waals surface area contributed by atoms with Crippen LogP contribution >= 0.6 is 0 Å². The summed E-state index contributed by atoms with van der Waals surface area (Å²) in [7, 11) is 0. The van der Waals surface area contributed by atoms with Crippen molar-refractivity contribution in [2.24, 2.45) is 0 Å². The summed E-state index contributed by atoms with van der Waals surface area (Å²) < 4.78 is 5.51. The molecular formula is C21H26N4O3. The van der Waals surface area contributed by atoms with Crippen LogP contribution in [0.15, 0.2) is 54.9 Å². The Balaban J connectivity index is 1.44. The van der Waals surface area contributed by atoms with Gasteiger partial charge in [0.15, 0.2) is 0 Å². The maximum Gasteiger partial charge on any atom is 0.237 e. The van der Waals surface area contributed by atoms with Gasteiger partial charge in [-0.3, -0.25) is 19.5 Å². The lowest BCUT2D eigenvalue weighted by Crippen LogP contribution is -2.57. The summed E-state index contributed by atoms with van der Waals surface area (Å²) in [5, 5.41) is 5.69. The molecule has 2 amide bonds. The number of hydrogen-bond acceptors (Lipinski definition) is 5. The number of nitrogens with one attached hydrogen (secondary N) is 2. The van der Waals surface area contributed by atoms with Crippen LogP contribution in [0.2, 0.25) is 0 Å². The Morgan fingerprint density at radius 3 is 2.89 bits per heavy atom. The second-order valence-electron chi connectivity index (χ2n) is 6.67. The highest BCUT2D eigenvalue weighted by Gasteiger charge is 2.31. The van der Waals surface area contributed by atoms with E-state index in [-0.39, 0.29) is 18.2 Å². The molecule has 1 saturated heterocycles. The van der Waals surface area contributed by atoms with E-state index in [9.17, 15) is 9.59 Å². The Morgan fingerprint density at radius 1 is 1.25 bits per heavy atom. The molecule has 0 aliphatic carbocycles. The summed E-state index contributed by atoms with van der Waals surface area (Å²) in [6.45, 7) is 2.85. The minimum Gasteiger partial charge on any atom is -0.490 e. The topological polar surface area (TPSA) is 83.6 Å². The van der Waals surface area contributed by atoms with Gasteiger partial charge in [0.1, 0.15) is 12.4 Å². The van der Waals surface area contributed by atoms with Crippen molar-refractivity contribution in [3.63, 3.8) is 0 Å². The first kappa shape index (κ1) is 19.8. The predicted molar refractivity (Wildman–Crippen MR) is 106 cm³/mol. The fraction of sp³-hybridized carbons (Fsp3) is 0.381. The van der Waals surface area contributed by atoms with Crippen LogP contribution in [0.5, 0.6) is 5.75 Å². The van der Waals surface area contributed by atoms with Crippen molar-refractivity contribution in [1.29, 1.82) is 0 Å². The molecule has 0 unspecified atom stereocenters. The maximum absolute atomic E-state index is 12.3. The first-order valence-corrected chi connectivity index (χ1v) is 9.57. The van der Waals surface area contributed by atoms with Crippen LogP contribution in [-0.4, -0.2) is 60.5 Å². The summed E-state index contributed by atoms with van der Waals surface area (Å²) in [6, 6.07) is 13.3. The molecule has 7 nitrogen and oxygen atoms in total. The van der Waals surface area contributed by atoms with E-state index in [0.29, 0.717) is 25.4 Å². The quantitative estimate of drug-likeness (QED) is 0.633. The molecule has 3 rings (SSSR count). The number of carbonyl (C=O) groups is 2. The van der Waals surface area contributed by atoms with Gasteiger partial charge in [0.25, 0.3) is 0 Å². The molecule has 1 aliphatic heterocycles. The minimum absolute atomic E-state index is 0.0823. The maximum atomic E-state index is 12.3. The zero-order valence-corrected chi connectivity index (χ0v) is 15.8. The van der Waals surface area contributed by atoms with Crippen molar-refractivity contribution < 1.29 is 14.3 Å². The normalized spacial score (nSPS) is 17.0. The van der Waals surface area contributed by atoms with Crippen LogP contribution in [0.25, 0.3) is 0 Å². The molecule has 0 bridgehead atoms. The van der Waals surface area contributed by atoms with E-state index in [1.54, 1.807) is 18.5 Å². The van der Waals surface area contributed by atoms with Crippen molar-refractivity contribution in [3.05, 3.63) is 60.4 Å². The van der Waals surface area contributed by atoms with E-state index >= 15 is 0 Å². The summed E-state index contributed by atoms with van der Waals surface area (Å²) in [6.07, 6.45) is 4.30. The number of pyridine rings is 1. The van der Waals surface area contributed by atoms with Crippen LogP contribution in [0.4, 0.5) is 0 Å². The van der Waals surface area contributed by atoms with Gasteiger partial charge in [0, 0.05) is 25.8 Å². The van der Waals surface area contributed by atoms with Crippen LogP contribution in [0, 0.1) is 0 Å². The summed E-state index contributed by atoms with van der Waals surface area (Å²) in [5.74, 6) is 0.429. The molecule has 1 aliphatic rings. The molecule has 148 valence electrons. The average Bonchev–Trinajstić information content (AvgIpc) is 2.73. The van der Waals surface area contributed by atoms with Crippen LogP contribution < -0.4 is 15.4 Å². The number of amides is 2. The number of hydrogen-bond donors (Lipinski definition) is 2. The van der Waals surface area contributed by atoms with Crippen molar-refractivity contribution >= 4 is 11.8 Å². The van der Waals surface area contributed by atoms with Crippen molar-refractivity contribution in [2.45, 2.75) is 18.9 Å². The molecule has 2 N–H and O–H groups in total. The number of nitrogens with zero attached hydrogens (tertiary/aromatic N) is 2. The number of benzene rings is 1. The van der Waals surface area contributed by atoms with E-state index in [1.807, 2.05) is 24.3 Å². The predicted octanol–water partition coefficient (Wildman–Crippen LogP) is 1.01. The number of rotatable bonds is 9. The number of carbonyl (C=O) groups excluding carboxylic acids is 2. The van der Waals surface area contributed by atoms with E-state index < -0.39 is 6.04 Å². The lowest BCUT2D eigenvalue weighted by molar-refractivity contribution is -0.133. The lowest BCUT2D eigenvalue weighted by Gasteiger charge is -2.34. The Bertz CT molecular complexity index is 755. The molecule has 2 heterocycles. The monoisotopic (exact) mass is 382 g/mol. The van der Waals surface area contributed by atoms with E-state index in [4.69, 9.17) is 4.74 Å². The van der Waals surface area contributed by atoms with Crippen molar-refractivity contribution in [2.75, 3.05) is 32.8 Å². The van der Waals surface area contributed by atoms with Gasteiger partial charge >= 0.3 is 0 Å². The largest absolute Gasteiger partial charge is 0.490 e. The highest BCUT2D eigenvalue weighted by molar-refractivity contribution is 5.88. The lowest BCUT2D eigenvalue weighted by atomic mass is 10.1. The third kappa shape index (κ3) is 6.06. The number of ether oxygens (including phenoxy) is 1. The van der Waals surface area contributed by atoms with Gasteiger partial charge in [0.05, 0.1) is 25.2 Å². The van der Waals surface area contributed by atoms with Gasteiger partial charge in [-0.15, -0.1) is 0 Å². The zero-order chi connectivity index (χ0) is 19.6. The van der Waals surface area contributed by atoms with Crippen molar-refractivity contribution in [1.82, 2.24) is 20.5 Å². The SMILES string of the molecule is O=C(C[C@H]1C(=O)NCCN1CCc1ccccc1)NCCOc1cccnc1. The van der Waals surface area contributed by atoms with E-state index in [0.717, 1.165) is 19.5 Å². The molecule has 1 fully saturated rings. The highest BCUT2D eigenvalue weighted by atomic mass is 16.5. The molecule has 7 heteroatoms.